The molecule has 1 heterocycles. The molecule has 5 nitrogen and oxygen atoms in total. The molecule has 0 bridgehead atoms. The number of anilines is 2. The first kappa shape index (κ1) is 13.2. The number of nitrogens with two attached hydrogens (primary N) is 1. The summed E-state index contributed by atoms with van der Waals surface area (Å²) < 4.78 is 5.12. The van der Waals surface area contributed by atoms with Gasteiger partial charge in [-0.2, -0.15) is 0 Å². The number of nitrogens with zero attached hydrogens (tertiary/aromatic N) is 1. The molecular formula is C13H12ClN3O2. The predicted molar refractivity (Wildman–Crippen MR) is 74.6 cm³/mol. The van der Waals surface area contributed by atoms with Gasteiger partial charge < -0.3 is 15.8 Å². The first-order chi connectivity index (χ1) is 9.10. The minimum Gasteiger partial charge on any atom is -0.496 e. The highest BCUT2D eigenvalue weighted by molar-refractivity contribution is 6.30. The summed E-state index contributed by atoms with van der Waals surface area (Å²) in [5.74, 6) is 0.433. The lowest BCUT2D eigenvalue weighted by atomic mass is 10.1. The number of halogens is 1. The highest BCUT2D eigenvalue weighted by atomic mass is 35.5. The Kier molecular flexibility index (Phi) is 3.87. The lowest BCUT2D eigenvalue weighted by Gasteiger charge is -2.09. The van der Waals surface area contributed by atoms with E-state index in [0.29, 0.717) is 27.8 Å². The highest BCUT2D eigenvalue weighted by Crippen LogP contribution is 2.22. The Morgan fingerprint density at radius 3 is 2.84 bits per heavy atom. The van der Waals surface area contributed by atoms with Crippen molar-refractivity contribution in [1.82, 2.24) is 4.98 Å². The Morgan fingerprint density at radius 1 is 1.37 bits per heavy atom. The number of hydrogen-bond acceptors (Lipinski definition) is 4. The third kappa shape index (κ3) is 3.14. The van der Waals surface area contributed by atoms with E-state index in [9.17, 15) is 4.79 Å². The summed E-state index contributed by atoms with van der Waals surface area (Å²) >= 11 is 5.82. The average molecular weight is 278 g/mol. The van der Waals surface area contributed by atoms with Gasteiger partial charge in [0.2, 0.25) is 0 Å². The summed E-state index contributed by atoms with van der Waals surface area (Å²) in [5, 5.41) is 3.13. The van der Waals surface area contributed by atoms with Gasteiger partial charge in [0.25, 0.3) is 5.91 Å². The topological polar surface area (TPSA) is 77.2 Å². The molecule has 0 saturated heterocycles. The smallest absolute Gasteiger partial charge is 0.260 e. The van der Waals surface area contributed by atoms with Crippen LogP contribution in [0.5, 0.6) is 5.75 Å². The van der Waals surface area contributed by atoms with Crippen LogP contribution in [0.15, 0.2) is 36.5 Å². The van der Waals surface area contributed by atoms with Gasteiger partial charge in [0.15, 0.2) is 0 Å². The Bertz CT molecular complexity index is 617. The van der Waals surface area contributed by atoms with Crippen LogP contribution in [0.25, 0.3) is 0 Å². The van der Waals surface area contributed by atoms with E-state index in [0.717, 1.165) is 0 Å². The Labute approximate surface area is 115 Å². The standard InChI is InChI=1S/C13H12ClN3O2/c1-19-11-7-9(15)2-3-10(11)13(18)17-12-6-8(14)4-5-16-12/h2-7H,15H2,1H3,(H,16,17,18). The molecule has 0 saturated carbocycles. The van der Waals surface area contributed by atoms with Gasteiger partial charge >= 0.3 is 0 Å². The van der Waals surface area contributed by atoms with Crippen molar-refractivity contribution in [2.75, 3.05) is 18.2 Å². The van der Waals surface area contributed by atoms with Crippen molar-refractivity contribution in [3.8, 4) is 5.75 Å². The lowest BCUT2D eigenvalue weighted by molar-refractivity contribution is 0.102. The molecule has 0 spiro atoms. The summed E-state index contributed by atoms with van der Waals surface area (Å²) in [6.45, 7) is 0. The summed E-state index contributed by atoms with van der Waals surface area (Å²) in [7, 11) is 1.48. The molecule has 98 valence electrons. The van der Waals surface area contributed by atoms with Crippen LogP contribution in [-0.2, 0) is 0 Å². The van der Waals surface area contributed by atoms with Crippen LogP contribution in [0.4, 0.5) is 11.5 Å². The monoisotopic (exact) mass is 277 g/mol. The first-order valence-corrected chi connectivity index (χ1v) is 5.84. The van der Waals surface area contributed by atoms with Crippen LogP contribution < -0.4 is 15.8 Å². The van der Waals surface area contributed by atoms with Crippen molar-refractivity contribution in [3.05, 3.63) is 47.1 Å². The zero-order valence-corrected chi connectivity index (χ0v) is 10.9. The molecule has 6 heteroatoms. The molecule has 0 fully saturated rings. The molecule has 2 aromatic rings. The normalized spacial score (nSPS) is 10.0. The molecule has 0 radical (unpaired) electrons. The van der Waals surface area contributed by atoms with Crippen molar-refractivity contribution in [1.29, 1.82) is 0 Å². The van der Waals surface area contributed by atoms with E-state index in [1.165, 1.54) is 13.3 Å². The second-order valence-electron chi connectivity index (χ2n) is 3.77. The fourth-order valence-corrected chi connectivity index (χ4v) is 1.71. The number of methoxy groups -OCH3 is 1. The second-order valence-corrected chi connectivity index (χ2v) is 4.21. The predicted octanol–water partition coefficient (Wildman–Crippen LogP) is 2.58. The zero-order chi connectivity index (χ0) is 13.8. The Hall–Kier alpha value is -2.27. The first-order valence-electron chi connectivity index (χ1n) is 5.46. The molecule has 1 aromatic carbocycles. The lowest BCUT2D eigenvalue weighted by Crippen LogP contribution is -2.14. The molecule has 19 heavy (non-hydrogen) atoms. The highest BCUT2D eigenvalue weighted by Gasteiger charge is 2.13. The number of rotatable bonds is 3. The van der Waals surface area contributed by atoms with Crippen molar-refractivity contribution < 1.29 is 9.53 Å². The van der Waals surface area contributed by atoms with Gasteiger partial charge in [-0.15, -0.1) is 0 Å². The number of pyridine rings is 1. The molecule has 0 atom stereocenters. The van der Waals surface area contributed by atoms with Crippen LogP contribution >= 0.6 is 11.6 Å². The maximum absolute atomic E-state index is 12.1. The van der Waals surface area contributed by atoms with E-state index in [-0.39, 0.29) is 5.91 Å². The quantitative estimate of drug-likeness (QED) is 0.846. The maximum atomic E-state index is 12.1. The number of ether oxygens (including phenoxy) is 1. The van der Waals surface area contributed by atoms with E-state index in [1.807, 2.05) is 0 Å². The third-order valence-electron chi connectivity index (χ3n) is 2.43. The van der Waals surface area contributed by atoms with Crippen molar-refractivity contribution in [2.24, 2.45) is 0 Å². The van der Waals surface area contributed by atoms with E-state index in [1.54, 1.807) is 30.3 Å². The van der Waals surface area contributed by atoms with Crippen LogP contribution in [0.2, 0.25) is 5.02 Å². The number of hydrogen-bond donors (Lipinski definition) is 2. The van der Waals surface area contributed by atoms with Crippen LogP contribution in [0.3, 0.4) is 0 Å². The largest absolute Gasteiger partial charge is 0.496 e. The number of nitrogens with one attached hydrogen (secondary N) is 1. The number of carbonyl (C=O) groups is 1. The van der Waals surface area contributed by atoms with Gasteiger partial charge in [-0.3, -0.25) is 4.79 Å². The second kappa shape index (κ2) is 5.58. The van der Waals surface area contributed by atoms with Gasteiger partial charge in [-0.05, 0) is 24.3 Å². The molecule has 0 aliphatic heterocycles. The summed E-state index contributed by atoms with van der Waals surface area (Å²) in [5.41, 5.74) is 6.53. The number of amides is 1. The van der Waals surface area contributed by atoms with Crippen molar-refractivity contribution in [2.45, 2.75) is 0 Å². The molecule has 0 aliphatic rings. The number of benzene rings is 1. The molecule has 3 N–H and O–H groups in total. The van der Waals surface area contributed by atoms with Gasteiger partial charge in [0, 0.05) is 23.0 Å². The molecule has 2 rings (SSSR count). The Morgan fingerprint density at radius 2 is 2.16 bits per heavy atom. The molecule has 1 aromatic heterocycles. The van der Waals surface area contributed by atoms with Crippen molar-refractivity contribution >= 4 is 29.0 Å². The van der Waals surface area contributed by atoms with E-state index >= 15 is 0 Å². The molecule has 0 aliphatic carbocycles. The summed E-state index contributed by atoms with van der Waals surface area (Å²) in [4.78, 5) is 16.1. The van der Waals surface area contributed by atoms with Crippen LogP contribution in [-0.4, -0.2) is 18.0 Å². The molecule has 1 amide bonds. The van der Waals surface area contributed by atoms with Gasteiger partial charge in [0.1, 0.15) is 11.6 Å². The number of nitrogen functional groups attached to an aromatic ring is 1. The van der Waals surface area contributed by atoms with Crippen molar-refractivity contribution in [3.63, 3.8) is 0 Å². The summed E-state index contributed by atoms with van der Waals surface area (Å²) in [6, 6.07) is 7.99. The summed E-state index contributed by atoms with van der Waals surface area (Å²) in [6.07, 6.45) is 1.51. The maximum Gasteiger partial charge on any atom is 0.260 e. The number of aromatic nitrogens is 1. The van der Waals surface area contributed by atoms with Gasteiger partial charge in [-0.25, -0.2) is 4.98 Å². The van der Waals surface area contributed by atoms with Crippen LogP contribution in [0.1, 0.15) is 10.4 Å². The zero-order valence-electron chi connectivity index (χ0n) is 10.2. The van der Waals surface area contributed by atoms with Gasteiger partial charge in [-0.1, -0.05) is 11.6 Å². The number of carbonyl (C=O) groups excluding carboxylic acids is 1. The fourth-order valence-electron chi connectivity index (χ4n) is 1.55. The third-order valence-corrected chi connectivity index (χ3v) is 2.67. The molecular weight excluding hydrogens is 266 g/mol. The van der Waals surface area contributed by atoms with Crippen LogP contribution in [0, 0.1) is 0 Å². The average Bonchev–Trinajstić information content (AvgIpc) is 2.38. The minimum atomic E-state index is -0.341. The minimum absolute atomic E-state index is 0.341. The SMILES string of the molecule is COc1cc(N)ccc1C(=O)Nc1cc(Cl)ccn1. The van der Waals surface area contributed by atoms with E-state index < -0.39 is 0 Å². The van der Waals surface area contributed by atoms with Gasteiger partial charge in [0.05, 0.1) is 12.7 Å². The van der Waals surface area contributed by atoms with E-state index in [4.69, 9.17) is 22.1 Å². The Balaban J connectivity index is 2.25. The van der Waals surface area contributed by atoms with E-state index in [2.05, 4.69) is 10.3 Å². The fraction of sp³-hybridized carbons (Fsp3) is 0.0769. The molecule has 0 unspecified atom stereocenters.